The van der Waals surface area contributed by atoms with Crippen LogP contribution in [0.25, 0.3) is 0 Å². The number of carbonyl (C=O) groups is 3. The molecule has 4 atom stereocenters. The summed E-state index contributed by atoms with van der Waals surface area (Å²) >= 11 is 7.05. The zero-order valence-corrected chi connectivity index (χ0v) is 15.8. The predicted octanol–water partition coefficient (Wildman–Crippen LogP) is 2.25. The molecule has 3 amide bonds. The van der Waals surface area contributed by atoms with Crippen molar-refractivity contribution >= 4 is 55.3 Å². The number of nitrogens with zero attached hydrogens (tertiary/aromatic N) is 1. The normalized spacial score (nSPS) is 29.5. The number of likely N-dealkylation sites (tertiary alicyclic amines) is 1. The van der Waals surface area contributed by atoms with E-state index in [1.165, 1.54) is 12.1 Å². The van der Waals surface area contributed by atoms with Gasteiger partial charge in [-0.05, 0) is 25.0 Å². The van der Waals surface area contributed by atoms with Crippen LogP contribution in [0.2, 0.25) is 0 Å². The summed E-state index contributed by atoms with van der Waals surface area (Å²) in [5, 5.41) is 12.0. The molecule has 1 aliphatic heterocycles. The van der Waals surface area contributed by atoms with E-state index in [2.05, 4.69) is 37.2 Å². The minimum atomic E-state index is -0.466. The lowest BCUT2D eigenvalue weighted by molar-refractivity contribution is -0.142. The highest BCUT2D eigenvalue weighted by atomic mass is 79.9. The van der Waals surface area contributed by atoms with E-state index in [-0.39, 0.29) is 45.6 Å². The van der Waals surface area contributed by atoms with Crippen molar-refractivity contribution in [3.8, 4) is 5.75 Å². The number of hydrogen-bond donors (Lipinski definition) is 2. The summed E-state index contributed by atoms with van der Waals surface area (Å²) in [6.45, 7) is -0.305. The Bertz CT molecular complexity index is 668. The third kappa shape index (κ3) is 3.35. The van der Waals surface area contributed by atoms with Gasteiger partial charge in [0.05, 0.1) is 11.8 Å². The molecule has 1 aromatic carbocycles. The zero-order valence-electron chi connectivity index (χ0n) is 12.6. The van der Waals surface area contributed by atoms with E-state index in [1.807, 2.05) is 0 Å². The third-order valence-corrected chi connectivity index (χ3v) is 7.17. The summed E-state index contributed by atoms with van der Waals surface area (Å²) in [5.41, 5.74) is 0.414. The van der Waals surface area contributed by atoms with E-state index in [9.17, 15) is 19.5 Å². The summed E-state index contributed by atoms with van der Waals surface area (Å²) in [7, 11) is 0. The maximum absolute atomic E-state index is 12.5. The highest BCUT2D eigenvalue weighted by Crippen LogP contribution is 2.43. The number of imide groups is 1. The Hall–Kier alpha value is -1.41. The van der Waals surface area contributed by atoms with Crippen molar-refractivity contribution in [3.63, 3.8) is 0 Å². The molecular weight excluding hydrogens is 444 g/mol. The van der Waals surface area contributed by atoms with Gasteiger partial charge in [-0.3, -0.25) is 19.3 Å². The molecule has 0 aromatic heterocycles. The Morgan fingerprint density at radius 1 is 1.17 bits per heavy atom. The van der Waals surface area contributed by atoms with Gasteiger partial charge in [0.2, 0.25) is 17.7 Å². The van der Waals surface area contributed by atoms with Crippen LogP contribution in [0.1, 0.15) is 12.8 Å². The van der Waals surface area contributed by atoms with Crippen LogP contribution in [0.5, 0.6) is 5.75 Å². The second kappa shape index (κ2) is 6.84. The molecule has 24 heavy (non-hydrogen) atoms. The molecule has 128 valence electrons. The molecule has 1 aliphatic carbocycles. The summed E-state index contributed by atoms with van der Waals surface area (Å²) in [6.07, 6.45) is 1.16. The van der Waals surface area contributed by atoms with Gasteiger partial charge in [-0.1, -0.05) is 37.9 Å². The lowest BCUT2D eigenvalue weighted by Gasteiger charge is -2.29. The van der Waals surface area contributed by atoms with Crippen LogP contribution >= 0.6 is 31.9 Å². The van der Waals surface area contributed by atoms with Crippen LogP contribution in [0.4, 0.5) is 5.69 Å². The summed E-state index contributed by atoms with van der Waals surface area (Å²) < 4.78 is 0. The Morgan fingerprint density at radius 3 is 2.29 bits per heavy atom. The van der Waals surface area contributed by atoms with Crippen molar-refractivity contribution in [2.75, 3.05) is 11.9 Å². The van der Waals surface area contributed by atoms with Gasteiger partial charge < -0.3 is 10.4 Å². The molecule has 2 N–H and O–H groups in total. The second-order valence-electron chi connectivity index (χ2n) is 6.08. The highest BCUT2D eigenvalue weighted by Gasteiger charge is 2.52. The largest absolute Gasteiger partial charge is 0.508 e. The lowest BCUT2D eigenvalue weighted by Crippen LogP contribution is -2.38. The Balaban J connectivity index is 1.68. The van der Waals surface area contributed by atoms with Crippen LogP contribution in [0, 0.1) is 11.8 Å². The number of fused-ring (bicyclic) bond motifs is 1. The van der Waals surface area contributed by atoms with E-state index in [0.29, 0.717) is 18.5 Å². The van der Waals surface area contributed by atoms with Gasteiger partial charge in [0, 0.05) is 21.4 Å². The maximum atomic E-state index is 12.5. The minimum absolute atomic E-state index is 0.0267. The molecule has 2 aliphatic rings. The Morgan fingerprint density at radius 2 is 1.75 bits per heavy atom. The van der Waals surface area contributed by atoms with Crippen molar-refractivity contribution < 1.29 is 19.5 Å². The molecular formula is C16H16Br2N2O4. The first-order chi connectivity index (χ1) is 11.4. The second-order valence-corrected chi connectivity index (χ2v) is 8.43. The molecule has 1 saturated carbocycles. The van der Waals surface area contributed by atoms with Crippen molar-refractivity contribution in [3.05, 3.63) is 24.3 Å². The summed E-state index contributed by atoms with van der Waals surface area (Å²) in [5.74, 6) is -1.71. The minimum Gasteiger partial charge on any atom is -0.508 e. The Kier molecular flexibility index (Phi) is 4.96. The van der Waals surface area contributed by atoms with Gasteiger partial charge in [-0.25, -0.2) is 0 Å². The standard InChI is InChI=1S/C16H16Br2N2O4/c17-12-5-10-11(6-13(12)18)16(24)20(15(10)23)7-14(22)19-8-2-1-3-9(21)4-8/h1-4,10-13,21H,5-7H2,(H,19,22)/t10-,11+,12+,13-. The number of aromatic hydroxyl groups is 1. The van der Waals surface area contributed by atoms with Crippen molar-refractivity contribution in [2.45, 2.75) is 22.5 Å². The van der Waals surface area contributed by atoms with Gasteiger partial charge in [-0.2, -0.15) is 0 Å². The number of hydrogen-bond acceptors (Lipinski definition) is 4. The van der Waals surface area contributed by atoms with Crippen LogP contribution in [0.15, 0.2) is 24.3 Å². The number of amides is 3. The zero-order chi connectivity index (χ0) is 17.4. The number of benzene rings is 1. The highest BCUT2D eigenvalue weighted by molar-refractivity contribution is 9.12. The molecule has 1 heterocycles. The number of anilines is 1. The van der Waals surface area contributed by atoms with Crippen LogP contribution in [0.3, 0.4) is 0 Å². The number of halogens is 2. The van der Waals surface area contributed by atoms with Gasteiger partial charge in [0.25, 0.3) is 0 Å². The maximum Gasteiger partial charge on any atom is 0.244 e. The molecule has 0 unspecified atom stereocenters. The first-order valence-electron chi connectivity index (χ1n) is 7.59. The van der Waals surface area contributed by atoms with Crippen LogP contribution in [-0.4, -0.2) is 43.9 Å². The molecule has 2 fully saturated rings. The van der Waals surface area contributed by atoms with Gasteiger partial charge in [0.15, 0.2) is 0 Å². The fourth-order valence-corrected chi connectivity index (χ4v) is 4.48. The number of nitrogens with one attached hydrogen (secondary N) is 1. The van der Waals surface area contributed by atoms with E-state index >= 15 is 0 Å². The van der Waals surface area contributed by atoms with E-state index in [4.69, 9.17) is 0 Å². The smallest absolute Gasteiger partial charge is 0.244 e. The van der Waals surface area contributed by atoms with Crippen LogP contribution < -0.4 is 5.32 Å². The average Bonchev–Trinajstić information content (AvgIpc) is 2.73. The van der Waals surface area contributed by atoms with E-state index < -0.39 is 5.91 Å². The quantitative estimate of drug-likeness (QED) is 0.536. The number of phenolic OH excluding ortho intramolecular Hbond substituents is 1. The fraction of sp³-hybridized carbons (Fsp3) is 0.438. The summed E-state index contributed by atoms with van der Waals surface area (Å²) in [6, 6.07) is 6.10. The predicted molar refractivity (Wildman–Crippen MR) is 95.1 cm³/mol. The van der Waals surface area contributed by atoms with Gasteiger partial charge in [0.1, 0.15) is 12.3 Å². The topological polar surface area (TPSA) is 86.7 Å². The molecule has 0 spiro atoms. The monoisotopic (exact) mass is 458 g/mol. The number of alkyl halides is 2. The molecule has 0 bridgehead atoms. The lowest BCUT2D eigenvalue weighted by atomic mass is 9.81. The first kappa shape index (κ1) is 17.4. The first-order valence-corrected chi connectivity index (χ1v) is 9.42. The van der Waals surface area contributed by atoms with Crippen LogP contribution in [-0.2, 0) is 14.4 Å². The third-order valence-electron chi connectivity index (χ3n) is 4.43. The summed E-state index contributed by atoms with van der Waals surface area (Å²) in [4.78, 5) is 38.5. The number of rotatable bonds is 3. The number of carbonyl (C=O) groups excluding carboxylic acids is 3. The molecule has 6 nitrogen and oxygen atoms in total. The molecule has 1 saturated heterocycles. The SMILES string of the molecule is O=C(CN1C(=O)[C@H]2C[C@@H](Br)[C@@H](Br)C[C@H]2C1=O)Nc1cccc(O)c1. The molecule has 1 aromatic rings. The Labute approximate surface area is 155 Å². The molecule has 0 radical (unpaired) electrons. The van der Waals surface area contributed by atoms with Crippen molar-refractivity contribution in [1.82, 2.24) is 4.90 Å². The molecule has 8 heteroatoms. The number of phenols is 1. The molecule has 3 rings (SSSR count). The van der Waals surface area contributed by atoms with Gasteiger partial charge in [-0.15, -0.1) is 0 Å². The fourth-order valence-electron chi connectivity index (χ4n) is 3.25. The van der Waals surface area contributed by atoms with Gasteiger partial charge >= 0.3 is 0 Å². The van der Waals surface area contributed by atoms with Crippen molar-refractivity contribution in [2.24, 2.45) is 11.8 Å². The van der Waals surface area contributed by atoms with E-state index in [1.54, 1.807) is 12.1 Å². The van der Waals surface area contributed by atoms with E-state index in [0.717, 1.165) is 4.90 Å². The van der Waals surface area contributed by atoms with Crippen molar-refractivity contribution in [1.29, 1.82) is 0 Å². The average molecular weight is 460 g/mol.